The first-order valence-corrected chi connectivity index (χ1v) is 8.63. The lowest BCUT2D eigenvalue weighted by atomic mass is 9.93. The predicted octanol–water partition coefficient (Wildman–Crippen LogP) is 4.39. The zero-order chi connectivity index (χ0) is 16.0. The molecule has 1 aromatic carbocycles. The molecule has 0 radical (unpaired) electrons. The topological polar surface area (TPSA) is 41.1 Å². The Bertz CT molecular complexity index is 915. The van der Waals surface area contributed by atoms with Crippen molar-refractivity contribution in [2.45, 2.75) is 32.6 Å². The van der Waals surface area contributed by atoms with E-state index in [0.717, 1.165) is 34.8 Å². The first-order chi connectivity index (χ1) is 11.2. The monoisotopic (exact) mass is 325 g/mol. The van der Waals surface area contributed by atoms with Gasteiger partial charge in [0.05, 0.1) is 23.9 Å². The first-order valence-electron chi connectivity index (χ1n) is 7.82. The van der Waals surface area contributed by atoms with Gasteiger partial charge in [-0.05, 0) is 49.4 Å². The van der Waals surface area contributed by atoms with Crippen LogP contribution in [0.5, 0.6) is 0 Å². The minimum atomic E-state index is -0.261. The van der Waals surface area contributed by atoms with Crippen LogP contribution in [-0.2, 0) is 19.3 Å². The molecule has 0 amide bonds. The minimum Gasteiger partial charge on any atom is -0.290 e. The molecular formula is C18H16FN3S. The SMILES string of the molecule is CC1CCc2c(sc3nc(-c4ccc(F)cc4)c(CC#N)n23)C1. The highest BCUT2D eigenvalue weighted by Crippen LogP contribution is 2.36. The number of nitriles is 1. The van der Waals surface area contributed by atoms with Crippen molar-refractivity contribution < 1.29 is 4.39 Å². The Morgan fingerprint density at radius 3 is 2.91 bits per heavy atom. The third kappa shape index (κ3) is 2.34. The fourth-order valence-corrected chi connectivity index (χ4v) is 4.71. The van der Waals surface area contributed by atoms with E-state index in [9.17, 15) is 9.65 Å². The van der Waals surface area contributed by atoms with Gasteiger partial charge >= 0.3 is 0 Å². The Hall–Kier alpha value is -2.19. The first kappa shape index (κ1) is 14.4. The second-order valence-electron chi connectivity index (χ2n) is 6.19. The molecule has 1 unspecified atom stereocenters. The number of benzene rings is 1. The summed E-state index contributed by atoms with van der Waals surface area (Å²) in [5, 5.41) is 9.25. The summed E-state index contributed by atoms with van der Waals surface area (Å²) in [5.41, 5.74) is 3.92. The van der Waals surface area contributed by atoms with E-state index in [1.165, 1.54) is 29.1 Å². The van der Waals surface area contributed by atoms with E-state index in [0.29, 0.717) is 12.3 Å². The van der Waals surface area contributed by atoms with Gasteiger partial charge in [-0.3, -0.25) is 4.40 Å². The van der Waals surface area contributed by atoms with Crippen molar-refractivity contribution in [1.29, 1.82) is 5.26 Å². The van der Waals surface area contributed by atoms with E-state index in [1.807, 2.05) is 0 Å². The highest BCUT2D eigenvalue weighted by molar-refractivity contribution is 7.17. The van der Waals surface area contributed by atoms with E-state index in [1.54, 1.807) is 23.5 Å². The molecule has 1 atom stereocenters. The summed E-state index contributed by atoms with van der Waals surface area (Å²) in [4.78, 5) is 7.12. The lowest BCUT2D eigenvalue weighted by Gasteiger charge is -2.18. The molecule has 1 aliphatic rings. The summed E-state index contributed by atoms with van der Waals surface area (Å²) in [6, 6.07) is 8.61. The van der Waals surface area contributed by atoms with E-state index in [2.05, 4.69) is 17.4 Å². The minimum absolute atomic E-state index is 0.261. The zero-order valence-corrected chi connectivity index (χ0v) is 13.7. The van der Waals surface area contributed by atoms with Crippen LogP contribution >= 0.6 is 11.3 Å². The van der Waals surface area contributed by atoms with E-state index >= 15 is 0 Å². The van der Waals surface area contributed by atoms with Gasteiger partial charge in [0.25, 0.3) is 0 Å². The number of hydrogen-bond acceptors (Lipinski definition) is 3. The second kappa shape index (κ2) is 5.47. The largest absolute Gasteiger partial charge is 0.290 e. The van der Waals surface area contributed by atoms with Crippen LogP contribution in [0.25, 0.3) is 16.2 Å². The van der Waals surface area contributed by atoms with Crippen LogP contribution in [0.4, 0.5) is 4.39 Å². The third-order valence-electron chi connectivity index (χ3n) is 4.52. The Morgan fingerprint density at radius 1 is 1.39 bits per heavy atom. The number of thiazole rings is 1. The van der Waals surface area contributed by atoms with Gasteiger partial charge < -0.3 is 0 Å². The molecule has 5 heteroatoms. The van der Waals surface area contributed by atoms with E-state index in [-0.39, 0.29) is 5.82 Å². The van der Waals surface area contributed by atoms with E-state index in [4.69, 9.17) is 4.98 Å². The lowest BCUT2D eigenvalue weighted by Crippen LogP contribution is -2.11. The maximum Gasteiger partial charge on any atom is 0.194 e. The van der Waals surface area contributed by atoms with Crippen LogP contribution in [0.1, 0.15) is 29.6 Å². The molecular weight excluding hydrogens is 309 g/mol. The number of imidazole rings is 1. The summed E-state index contributed by atoms with van der Waals surface area (Å²) < 4.78 is 15.4. The summed E-state index contributed by atoms with van der Waals surface area (Å²) in [6.45, 7) is 2.28. The Balaban J connectivity index is 1.92. The molecule has 2 heterocycles. The normalized spacial score (nSPS) is 17.2. The average Bonchev–Trinajstić information content (AvgIpc) is 3.05. The number of aromatic nitrogens is 2. The fourth-order valence-electron chi connectivity index (χ4n) is 3.36. The fraction of sp³-hybridized carbons (Fsp3) is 0.333. The van der Waals surface area contributed by atoms with Crippen molar-refractivity contribution in [3.05, 3.63) is 46.3 Å². The molecule has 2 aromatic heterocycles. The van der Waals surface area contributed by atoms with Crippen LogP contribution in [0.2, 0.25) is 0 Å². The summed E-state index contributed by atoms with van der Waals surface area (Å²) in [6.07, 6.45) is 3.62. The molecule has 0 saturated heterocycles. The standard InChI is InChI=1S/C18H16FN3S/c1-11-2-7-14-16(10-11)23-18-21-17(15(8-9-20)22(14)18)12-3-5-13(19)6-4-12/h3-6,11H,2,7-8,10H2,1H3. The Kier molecular flexibility index (Phi) is 3.42. The van der Waals surface area contributed by atoms with Gasteiger partial charge in [0.1, 0.15) is 5.82 Å². The molecule has 0 N–H and O–H groups in total. The maximum absolute atomic E-state index is 13.2. The number of fused-ring (bicyclic) bond motifs is 3. The second-order valence-corrected chi connectivity index (χ2v) is 7.25. The summed E-state index contributed by atoms with van der Waals surface area (Å²) in [7, 11) is 0. The molecule has 3 aromatic rings. The van der Waals surface area contributed by atoms with Crippen LogP contribution < -0.4 is 0 Å². The van der Waals surface area contributed by atoms with Gasteiger partial charge in [-0.25, -0.2) is 9.37 Å². The molecule has 0 bridgehead atoms. The van der Waals surface area contributed by atoms with Gasteiger partial charge in [-0.2, -0.15) is 5.26 Å². The van der Waals surface area contributed by atoms with Crippen molar-refractivity contribution in [3.63, 3.8) is 0 Å². The van der Waals surface area contributed by atoms with Crippen molar-refractivity contribution in [1.82, 2.24) is 9.38 Å². The number of halogens is 1. The number of hydrogen-bond donors (Lipinski definition) is 0. The van der Waals surface area contributed by atoms with Crippen molar-refractivity contribution >= 4 is 16.3 Å². The van der Waals surface area contributed by atoms with Gasteiger partial charge in [-0.15, -0.1) is 11.3 Å². The zero-order valence-electron chi connectivity index (χ0n) is 12.8. The highest BCUT2D eigenvalue weighted by Gasteiger charge is 2.25. The average molecular weight is 325 g/mol. The van der Waals surface area contributed by atoms with Crippen molar-refractivity contribution in [2.24, 2.45) is 5.92 Å². The van der Waals surface area contributed by atoms with Gasteiger partial charge in [-0.1, -0.05) is 6.92 Å². The third-order valence-corrected chi connectivity index (χ3v) is 5.63. The van der Waals surface area contributed by atoms with Gasteiger partial charge in [0, 0.05) is 16.1 Å². The van der Waals surface area contributed by atoms with Crippen molar-refractivity contribution in [3.8, 4) is 17.3 Å². The molecule has 23 heavy (non-hydrogen) atoms. The molecule has 3 nitrogen and oxygen atoms in total. The number of rotatable bonds is 2. The smallest absolute Gasteiger partial charge is 0.194 e. The Labute approximate surface area is 138 Å². The number of nitrogens with zero attached hydrogens (tertiary/aromatic N) is 3. The lowest BCUT2D eigenvalue weighted by molar-refractivity contribution is 0.498. The quantitative estimate of drug-likeness (QED) is 0.701. The molecule has 0 saturated carbocycles. The van der Waals surface area contributed by atoms with E-state index < -0.39 is 0 Å². The highest BCUT2D eigenvalue weighted by atomic mass is 32.1. The van der Waals surface area contributed by atoms with Gasteiger partial charge in [0.15, 0.2) is 4.96 Å². The van der Waals surface area contributed by atoms with Crippen molar-refractivity contribution in [2.75, 3.05) is 0 Å². The summed E-state index contributed by atoms with van der Waals surface area (Å²) in [5.74, 6) is 0.449. The molecule has 116 valence electrons. The molecule has 0 spiro atoms. The van der Waals surface area contributed by atoms with Gasteiger partial charge in [0.2, 0.25) is 0 Å². The van der Waals surface area contributed by atoms with Crippen LogP contribution in [0.15, 0.2) is 24.3 Å². The van der Waals surface area contributed by atoms with Crippen LogP contribution in [-0.4, -0.2) is 9.38 Å². The molecule has 1 aliphatic carbocycles. The summed E-state index contributed by atoms with van der Waals surface area (Å²) >= 11 is 1.73. The predicted molar refractivity (Wildman–Crippen MR) is 89.0 cm³/mol. The number of aryl methyl sites for hydroxylation is 1. The molecule has 4 rings (SSSR count). The molecule has 0 aliphatic heterocycles. The molecule has 0 fully saturated rings. The van der Waals surface area contributed by atoms with Crippen LogP contribution in [0.3, 0.4) is 0 Å². The van der Waals surface area contributed by atoms with Crippen LogP contribution in [0, 0.1) is 23.1 Å². The Morgan fingerprint density at radius 2 is 2.17 bits per heavy atom. The maximum atomic E-state index is 13.2.